The predicted octanol–water partition coefficient (Wildman–Crippen LogP) is 1.91. The van der Waals surface area contributed by atoms with Gasteiger partial charge in [-0.2, -0.15) is 0 Å². The summed E-state index contributed by atoms with van der Waals surface area (Å²) < 4.78 is 16.1. The van der Waals surface area contributed by atoms with Gasteiger partial charge in [-0.05, 0) is 38.9 Å². The smallest absolute Gasteiger partial charge is 0.379 e. The summed E-state index contributed by atoms with van der Waals surface area (Å²) in [6, 6.07) is 4.97. The minimum Gasteiger partial charge on any atom is -0.492 e. The Morgan fingerprint density at radius 1 is 1.26 bits per heavy atom. The average Bonchev–Trinajstić information content (AvgIpc) is 2.56. The Bertz CT molecular complexity index is 564. The first-order valence-electron chi connectivity index (χ1n) is 7.80. The van der Waals surface area contributed by atoms with Crippen LogP contribution in [0.2, 0.25) is 0 Å². The van der Waals surface area contributed by atoms with Crippen molar-refractivity contribution >= 4 is 11.8 Å². The number of para-hydroxylation sites is 1. The standard InChI is InChI=1S/C17H23NO5/c1-4-22-17(20)15(19)13-6-5-7-14(16(13)21-3)23-12-8-10-18(2)11-9-12/h5-7,12H,4,8-11H2,1-3H3. The van der Waals surface area contributed by atoms with Gasteiger partial charge in [0.15, 0.2) is 11.5 Å². The Kier molecular flexibility index (Phi) is 5.98. The lowest BCUT2D eigenvalue weighted by molar-refractivity contribution is -0.137. The van der Waals surface area contributed by atoms with Crippen LogP contribution in [0.3, 0.4) is 0 Å². The highest BCUT2D eigenvalue weighted by atomic mass is 16.5. The molecule has 23 heavy (non-hydrogen) atoms. The lowest BCUT2D eigenvalue weighted by atomic mass is 10.1. The number of ether oxygens (including phenoxy) is 3. The summed E-state index contributed by atoms with van der Waals surface area (Å²) in [5.74, 6) is -0.846. The highest BCUT2D eigenvalue weighted by Crippen LogP contribution is 2.33. The summed E-state index contributed by atoms with van der Waals surface area (Å²) >= 11 is 0. The maximum Gasteiger partial charge on any atom is 0.379 e. The van der Waals surface area contributed by atoms with Crippen LogP contribution in [0.1, 0.15) is 30.1 Å². The molecule has 1 aliphatic heterocycles. The SMILES string of the molecule is CCOC(=O)C(=O)c1cccc(OC2CCN(C)CC2)c1OC. The maximum atomic E-state index is 12.2. The van der Waals surface area contributed by atoms with Crippen molar-refractivity contribution in [3.05, 3.63) is 23.8 Å². The minimum absolute atomic E-state index is 0.0769. The quantitative estimate of drug-likeness (QED) is 0.453. The van der Waals surface area contributed by atoms with Crippen LogP contribution in [0, 0.1) is 0 Å². The van der Waals surface area contributed by atoms with Crippen LogP contribution >= 0.6 is 0 Å². The van der Waals surface area contributed by atoms with Crippen LogP contribution in [0.15, 0.2) is 18.2 Å². The molecule has 0 aliphatic carbocycles. The number of piperidine rings is 1. The number of esters is 1. The molecule has 0 amide bonds. The lowest BCUT2D eigenvalue weighted by Crippen LogP contribution is -2.35. The first-order valence-corrected chi connectivity index (χ1v) is 7.80. The summed E-state index contributed by atoms with van der Waals surface area (Å²) in [5.41, 5.74) is 0.163. The summed E-state index contributed by atoms with van der Waals surface area (Å²) in [4.78, 5) is 26.1. The van der Waals surface area contributed by atoms with Crippen LogP contribution in [-0.4, -0.2) is 56.6 Å². The number of methoxy groups -OCH3 is 1. The van der Waals surface area contributed by atoms with Gasteiger partial charge in [-0.15, -0.1) is 0 Å². The molecule has 2 rings (SSSR count). The van der Waals surface area contributed by atoms with Gasteiger partial charge < -0.3 is 19.1 Å². The van der Waals surface area contributed by atoms with Crippen molar-refractivity contribution in [2.24, 2.45) is 0 Å². The Morgan fingerprint density at radius 2 is 1.96 bits per heavy atom. The summed E-state index contributed by atoms with van der Waals surface area (Å²) in [6.45, 7) is 3.74. The highest BCUT2D eigenvalue weighted by Gasteiger charge is 2.26. The van der Waals surface area contributed by atoms with E-state index in [9.17, 15) is 9.59 Å². The van der Waals surface area contributed by atoms with Gasteiger partial charge in [-0.25, -0.2) is 4.79 Å². The van der Waals surface area contributed by atoms with Crippen molar-refractivity contribution in [1.82, 2.24) is 4.90 Å². The number of carbonyl (C=O) groups is 2. The van der Waals surface area contributed by atoms with Crippen molar-refractivity contribution < 1.29 is 23.8 Å². The van der Waals surface area contributed by atoms with Crippen LogP contribution in [0.25, 0.3) is 0 Å². The van der Waals surface area contributed by atoms with Crippen molar-refractivity contribution in [2.75, 3.05) is 33.9 Å². The molecule has 0 aromatic heterocycles. The topological polar surface area (TPSA) is 65.1 Å². The molecular formula is C17H23NO5. The molecule has 1 fully saturated rings. The molecule has 0 saturated carbocycles. The van der Waals surface area contributed by atoms with E-state index in [0.29, 0.717) is 5.75 Å². The fraction of sp³-hybridized carbons (Fsp3) is 0.529. The number of carbonyl (C=O) groups excluding carboxylic acids is 2. The normalized spacial score (nSPS) is 16.0. The van der Waals surface area contributed by atoms with Gasteiger partial charge in [0.1, 0.15) is 6.10 Å². The van der Waals surface area contributed by atoms with Gasteiger partial charge in [0, 0.05) is 13.1 Å². The first kappa shape index (κ1) is 17.3. The second-order valence-electron chi connectivity index (χ2n) is 5.51. The third kappa shape index (κ3) is 4.22. The highest BCUT2D eigenvalue weighted by molar-refractivity contribution is 6.41. The Balaban J connectivity index is 2.19. The summed E-state index contributed by atoms with van der Waals surface area (Å²) in [6.07, 6.45) is 1.90. The number of hydrogen-bond donors (Lipinski definition) is 0. The molecule has 0 radical (unpaired) electrons. The minimum atomic E-state index is -0.887. The molecule has 6 nitrogen and oxygen atoms in total. The van der Waals surface area contributed by atoms with Crippen LogP contribution < -0.4 is 9.47 Å². The number of nitrogens with zero attached hydrogens (tertiary/aromatic N) is 1. The number of likely N-dealkylation sites (tertiary alicyclic amines) is 1. The van der Waals surface area contributed by atoms with Crippen molar-refractivity contribution in [1.29, 1.82) is 0 Å². The van der Waals surface area contributed by atoms with Gasteiger partial charge in [0.05, 0.1) is 19.3 Å². The number of benzene rings is 1. The largest absolute Gasteiger partial charge is 0.492 e. The zero-order chi connectivity index (χ0) is 16.8. The van der Waals surface area contributed by atoms with Gasteiger partial charge in [-0.1, -0.05) is 6.07 Å². The summed E-state index contributed by atoms with van der Waals surface area (Å²) in [7, 11) is 3.54. The molecule has 0 atom stereocenters. The molecule has 1 heterocycles. The zero-order valence-electron chi connectivity index (χ0n) is 13.8. The second kappa shape index (κ2) is 7.97. The molecule has 0 N–H and O–H groups in total. The van der Waals surface area contributed by atoms with Crippen LogP contribution in [0.4, 0.5) is 0 Å². The lowest BCUT2D eigenvalue weighted by Gasteiger charge is -2.29. The van der Waals surface area contributed by atoms with E-state index in [2.05, 4.69) is 11.9 Å². The Hall–Kier alpha value is -2.08. The van der Waals surface area contributed by atoms with E-state index in [4.69, 9.17) is 14.2 Å². The van der Waals surface area contributed by atoms with E-state index in [1.807, 2.05) is 0 Å². The maximum absolute atomic E-state index is 12.2. The molecule has 1 aromatic rings. The average molecular weight is 321 g/mol. The zero-order valence-corrected chi connectivity index (χ0v) is 13.8. The molecule has 0 bridgehead atoms. The molecule has 0 unspecified atom stereocenters. The number of rotatable bonds is 6. The molecule has 1 aromatic carbocycles. The first-order chi connectivity index (χ1) is 11.1. The fourth-order valence-electron chi connectivity index (χ4n) is 2.59. The second-order valence-corrected chi connectivity index (χ2v) is 5.51. The third-order valence-corrected chi connectivity index (χ3v) is 3.85. The summed E-state index contributed by atoms with van der Waals surface area (Å²) in [5, 5.41) is 0. The van der Waals surface area contributed by atoms with Crippen molar-refractivity contribution in [2.45, 2.75) is 25.9 Å². The van der Waals surface area contributed by atoms with E-state index >= 15 is 0 Å². The van der Waals surface area contributed by atoms with Gasteiger partial charge in [0.2, 0.25) is 0 Å². The monoisotopic (exact) mass is 321 g/mol. The van der Waals surface area contributed by atoms with E-state index in [1.165, 1.54) is 7.11 Å². The van der Waals surface area contributed by atoms with Crippen LogP contribution in [0.5, 0.6) is 11.5 Å². The Labute approximate surface area is 136 Å². The third-order valence-electron chi connectivity index (χ3n) is 3.85. The number of Topliss-reactive ketones (excluding diaryl/α,β-unsaturated/α-hetero) is 1. The fourth-order valence-corrected chi connectivity index (χ4v) is 2.59. The van der Waals surface area contributed by atoms with E-state index in [1.54, 1.807) is 25.1 Å². The van der Waals surface area contributed by atoms with E-state index in [0.717, 1.165) is 25.9 Å². The molecule has 0 spiro atoms. The Morgan fingerprint density at radius 3 is 2.57 bits per heavy atom. The molecule has 1 saturated heterocycles. The van der Waals surface area contributed by atoms with E-state index < -0.39 is 11.8 Å². The van der Waals surface area contributed by atoms with Gasteiger partial charge in [-0.3, -0.25) is 4.79 Å². The van der Waals surface area contributed by atoms with Crippen LogP contribution in [-0.2, 0) is 9.53 Å². The van der Waals surface area contributed by atoms with Gasteiger partial charge >= 0.3 is 5.97 Å². The molecular weight excluding hydrogens is 298 g/mol. The molecule has 126 valence electrons. The van der Waals surface area contributed by atoms with Gasteiger partial charge in [0.25, 0.3) is 5.78 Å². The molecule has 6 heteroatoms. The van der Waals surface area contributed by atoms with E-state index in [-0.39, 0.29) is 24.0 Å². The number of ketones is 1. The predicted molar refractivity (Wildman–Crippen MR) is 85.1 cm³/mol. The van der Waals surface area contributed by atoms with Crippen molar-refractivity contribution in [3.63, 3.8) is 0 Å². The van der Waals surface area contributed by atoms with Crippen molar-refractivity contribution in [3.8, 4) is 11.5 Å². The number of hydrogen-bond acceptors (Lipinski definition) is 6. The molecule has 1 aliphatic rings.